The summed E-state index contributed by atoms with van der Waals surface area (Å²) in [7, 11) is 1.65. The highest BCUT2D eigenvalue weighted by Gasteiger charge is 2.21. The summed E-state index contributed by atoms with van der Waals surface area (Å²) in [5.41, 5.74) is 0.879. The molecule has 1 aromatic heterocycles. The SMILES string of the molecule is COCc1cc(N2CCN(CC(=O)O)CC2)nc(C(C)C)n1. The maximum absolute atomic E-state index is 10.8. The van der Waals surface area contributed by atoms with Gasteiger partial charge in [0.25, 0.3) is 0 Å². The predicted molar refractivity (Wildman–Crippen MR) is 83.1 cm³/mol. The quantitative estimate of drug-likeness (QED) is 0.838. The van der Waals surface area contributed by atoms with Crippen molar-refractivity contribution in [2.24, 2.45) is 0 Å². The summed E-state index contributed by atoms with van der Waals surface area (Å²) < 4.78 is 5.18. The Hall–Kier alpha value is -1.73. The first-order valence-corrected chi connectivity index (χ1v) is 7.55. The van der Waals surface area contributed by atoms with Crippen molar-refractivity contribution in [1.29, 1.82) is 0 Å². The van der Waals surface area contributed by atoms with Crippen LogP contribution in [-0.4, -0.2) is 65.8 Å². The molecule has 2 rings (SSSR count). The molecule has 1 fully saturated rings. The van der Waals surface area contributed by atoms with E-state index < -0.39 is 5.97 Å². The monoisotopic (exact) mass is 308 g/mol. The van der Waals surface area contributed by atoms with Gasteiger partial charge in [0.05, 0.1) is 18.8 Å². The molecule has 1 saturated heterocycles. The highest BCUT2D eigenvalue weighted by Crippen LogP contribution is 2.19. The van der Waals surface area contributed by atoms with E-state index in [1.165, 1.54) is 0 Å². The largest absolute Gasteiger partial charge is 0.480 e. The minimum Gasteiger partial charge on any atom is -0.480 e. The van der Waals surface area contributed by atoms with Gasteiger partial charge in [-0.3, -0.25) is 9.69 Å². The third-order valence-corrected chi connectivity index (χ3v) is 3.65. The lowest BCUT2D eigenvalue weighted by Crippen LogP contribution is -2.48. The molecule has 22 heavy (non-hydrogen) atoms. The number of ether oxygens (including phenoxy) is 1. The second-order valence-electron chi connectivity index (χ2n) is 5.82. The molecule has 7 heteroatoms. The van der Waals surface area contributed by atoms with Gasteiger partial charge in [-0.05, 0) is 0 Å². The molecule has 0 atom stereocenters. The maximum Gasteiger partial charge on any atom is 0.317 e. The highest BCUT2D eigenvalue weighted by molar-refractivity contribution is 5.69. The molecule has 1 N–H and O–H groups in total. The number of rotatable bonds is 6. The molecule has 0 amide bonds. The third-order valence-electron chi connectivity index (χ3n) is 3.65. The van der Waals surface area contributed by atoms with Crippen molar-refractivity contribution in [2.75, 3.05) is 44.7 Å². The number of aromatic nitrogens is 2. The van der Waals surface area contributed by atoms with Crippen LogP contribution in [0.4, 0.5) is 5.82 Å². The average molecular weight is 308 g/mol. The van der Waals surface area contributed by atoms with Crippen LogP contribution in [0.2, 0.25) is 0 Å². The van der Waals surface area contributed by atoms with Gasteiger partial charge < -0.3 is 14.7 Å². The van der Waals surface area contributed by atoms with Crippen LogP contribution in [0.25, 0.3) is 0 Å². The van der Waals surface area contributed by atoms with Gasteiger partial charge in [-0.25, -0.2) is 9.97 Å². The molecule has 122 valence electrons. The van der Waals surface area contributed by atoms with E-state index >= 15 is 0 Å². The van der Waals surface area contributed by atoms with E-state index in [9.17, 15) is 4.79 Å². The zero-order chi connectivity index (χ0) is 16.1. The second kappa shape index (κ2) is 7.51. The normalized spacial score (nSPS) is 16.3. The van der Waals surface area contributed by atoms with Gasteiger partial charge in [0, 0.05) is 45.3 Å². The molecule has 0 saturated carbocycles. The first kappa shape index (κ1) is 16.6. The summed E-state index contributed by atoms with van der Waals surface area (Å²) in [6.45, 7) is 7.71. The fourth-order valence-electron chi connectivity index (χ4n) is 2.47. The van der Waals surface area contributed by atoms with E-state index in [-0.39, 0.29) is 12.5 Å². The number of hydrogen-bond donors (Lipinski definition) is 1. The molecular formula is C15H24N4O3. The van der Waals surface area contributed by atoms with Crippen molar-refractivity contribution in [3.63, 3.8) is 0 Å². The predicted octanol–water partition coefficient (Wildman–Crippen LogP) is 0.953. The summed E-state index contributed by atoms with van der Waals surface area (Å²) in [6, 6.07) is 1.96. The van der Waals surface area contributed by atoms with Crippen LogP contribution >= 0.6 is 0 Å². The van der Waals surface area contributed by atoms with E-state index in [0.29, 0.717) is 6.61 Å². The smallest absolute Gasteiger partial charge is 0.317 e. The van der Waals surface area contributed by atoms with Crippen LogP contribution in [-0.2, 0) is 16.1 Å². The van der Waals surface area contributed by atoms with Crippen molar-refractivity contribution in [3.8, 4) is 0 Å². The number of carbonyl (C=O) groups is 1. The molecule has 0 radical (unpaired) electrons. The first-order valence-electron chi connectivity index (χ1n) is 7.55. The Bertz CT molecular complexity index is 514. The zero-order valence-electron chi connectivity index (χ0n) is 13.4. The fourth-order valence-corrected chi connectivity index (χ4v) is 2.47. The molecule has 0 unspecified atom stereocenters. The van der Waals surface area contributed by atoms with Crippen molar-refractivity contribution in [1.82, 2.24) is 14.9 Å². The van der Waals surface area contributed by atoms with Crippen LogP contribution in [0, 0.1) is 0 Å². The lowest BCUT2D eigenvalue weighted by Gasteiger charge is -2.34. The summed E-state index contributed by atoms with van der Waals surface area (Å²) in [5, 5.41) is 8.85. The Labute approximate surface area is 130 Å². The van der Waals surface area contributed by atoms with Crippen LogP contribution in [0.1, 0.15) is 31.3 Å². The van der Waals surface area contributed by atoms with Gasteiger partial charge in [-0.15, -0.1) is 0 Å². The standard InChI is InChI=1S/C15H24N4O3/c1-11(2)15-16-12(10-22-3)8-13(17-15)19-6-4-18(5-7-19)9-14(20)21/h8,11H,4-7,9-10H2,1-3H3,(H,20,21). The molecule has 0 bridgehead atoms. The van der Waals surface area contributed by atoms with E-state index in [4.69, 9.17) is 9.84 Å². The first-order chi connectivity index (χ1) is 10.5. The minimum absolute atomic E-state index is 0.101. The molecule has 7 nitrogen and oxygen atoms in total. The number of nitrogens with zero attached hydrogens (tertiary/aromatic N) is 4. The Kier molecular flexibility index (Phi) is 5.68. The number of hydrogen-bond acceptors (Lipinski definition) is 6. The second-order valence-corrected chi connectivity index (χ2v) is 5.82. The van der Waals surface area contributed by atoms with Crippen molar-refractivity contribution in [3.05, 3.63) is 17.6 Å². The molecule has 1 aliphatic rings. The zero-order valence-corrected chi connectivity index (χ0v) is 13.4. The molecule has 1 aliphatic heterocycles. The molecular weight excluding hydrogens is 284 g/mol. The lowest BCUT2D eigenvalue weighted by molar-refractivity contribution is -0.138. The van der Waals surface area contributed by atoms with Gasteiger partial charge in [0.1, 0.15) is 11.6 Å². The fraction of sp³-hybridized carbons (Fsp3) is 0.667. The maximum atomic E-state index is 10.8. The van der Waals surface area contributed by atoms with Crippen LogP contribution in [0.3, 0.4) is 0 Å². The van der Waals surface area contributed by atoms with Gasteiger partial charge in [0.2, 0.25) is 0 Å². The number of methoxy groups -OCH3 is 1. The third kappa shape index (κ3) is 4.38. The van der Waals surface area contributed by atoms with Crippen LogP contribution < -0.4 is 4.90 Å². The van der Waals surface area contributed by atoms with Gasteiger partial charge in [-0.2, -0.15) is 0 Å². The van der Waals surface area contributed by atoms with Gasteiger partial charge >= 0.3 is 5.97 Å². The van der Waals surface area contributed by atoms with Gasteiger partial charge in [0.15, 0.2) is 0 Å². The number of carboxylic acids is 1. The van der Waals surface area contributed by atoms with E-state index in [1.807, 2.05) is 11.0 Å². The average Bonchev–Trinajstić information content (AvgIpc) is 2.47. The number of anilines is 1. The van der Waals surface area contributed by atoms with Crippen molar-refractivity contribution < 1.29 is 14.6 Å². The van der Waals surface area contributed by atoms with E-state index in [1.54, 1.807) is 7.11 Å². The Morgan fingerprint density at radius 3 is 2.55 bits per heavy atom. The summed E-state index contributed by atoms with van der Waals surface area (Å²) >= 11 is 0. The number of carboxylic acid groups (broad SMARTS) is 1. The minimum atomic E-state index is -0.778. The summed E-state index contributed by atoms with van der Waals surface area (Å²) in [6.07, 6.45) is 0. The highest BCUT2D eigenvalue weighted by atomic mass is 16.5. The Morgan fingerprint density at radius 1 is 1.32 bits per heavy atom. The molecule has 1 aromatic rings. The van der Waals surface area contributed by atoms with E-state index in [0.717, 1.165) is 43.5 Å². The van der Waals surface area contributed by atoms with Crippen LogP contribution in [0.15, 0.2) is 6.07 Å². The molecule has 0 aromatic carbocycles. The number of piperazine rings is 1. The Balaban J connectivity index is 2.10. The summed E-state index contributed by atoms with van der Waals surface area (Å²) in [4.78, 5) is 24.1. The molecule has 2 heterocycles. The number of aliphatic carboxylic acids is 1. The molecule has 0 aliphatic carbocycles. The van der Waals surface area contributed by atoms with Crippen molar-refractivity contribution >= 4 is 11.8 Å². The summed E-state index contributed by atoms with van der Waals surface area (Å²) in [5.74, 6) is 1.20. The Morgan fingerprint density at radius 2 is 2.00 bits per heavy atom. The van der Waals surface area contributed by atoms with E-state index in [2.05, 4.69) is 28.7 Å². The van der Waals surface area contributed by atoms with Crippen molar-refractivity contribution in [2.45, 2.75) is 26.4 Å². The van der Waals surface area contributed by atoms with Gasteiger partial charge in [-0.1, -0.05) is 13.8 Å². The van der Waals surface area contributed by atoms with Crippen LogP contribution in [0.5, 0.6) is 0 Å². The lowest BCUT2D eigenvalue weighted by atomic mass is 10.2. The topological polar surface area (TPSA) is 78.8 Å². The molecule has 0 spiro atoms.